The summed E-state index contributed by atoms with van der Waals surface area (Å²) in [6.07, 6.45) is 1.71. The molecule has 0 saturated carbocycles. The number of nitrogens with one attached hydrogen (secondary N) is 1. The molecule has 0 unspecified atom stereocenters. The highest BCUT2D eigenvalue weighted by Gasteiger charge is 2.26. The van der Waals surface area contributed by atoms with Crippen molar-refractivity contribution in [3.63, 3.8) is 0 Å². The van der Waals surface area contributed by atoms with E-state index < -0.39 is 17.7 Å². The third-order valence-corrected chi connectivity index (χ3v) is 2.21. The minimum absolute atomic E-state index is 0.111. The first-order chi connectivity index (χ1) is 8.71. The van der Waals surface area contributed by atoms with Crippen molar-refractivity contribution in [3.8, 4) is 0 Å². The average molecular weight is 271 g/mol. The number of nitrogens with zero attached hydrogens (tertiary/aromatic N) is 1. The lowest BCUT2D eigenvalue weighted by Gasteiger charge is -2.25. The largest absolute Gasteiger partial charge is 0.443 e. The smallest absolute Gasteiger partial charge is 0.418 e. The van der Waals surface area contributed by atoms with Crippen LogP contribution in [0.2, 0.25) is 0 Å². The molecule has 0 bridgehead atoms. The Kier molecular flexibility index (Phi) is 7.14. The molecule has 0 aliphatic rings. The standard InChI is InChI=1S/C13H25N3O3/c1-6-10(2)9-15-11(17)16(8-7-14)12(18)19-13(3,4)5/h9H,6-8,14H2,1-5H3,(H,15,17)/b10-9+. The fourth-order valence-corrected chi connectivity index (χ4v) is 1.09. The van der Waals surface area contributed by atoms with E-state index in [-0.39, 0.29) is 13.1 Å². The summed E-state index contributed by atoms with van der Waals surface area (Å²) in [7, 11) is 0. The van der Waals surface area contributed by atoms with Gasteiger partial charge in [0.2, 0.25) is 0 Å². The quantitative estimate of drug-likeness (QED) is 0.821. The van der Waals surface area contributed by atoms with Crippen molar-refractivity contribution in [3.05, 3.63) is 11.8 Å². The van der Waals surface area contributed by atoms with Crippen molar-refractivity contribution in [2.24, 2.45) is 5.73 Å². The Bertz CT molecular complexity index is 346. The predicted octanol–water partition coefficient (Wildman–Crippen LogP) is 2.21. The minimum atomic E-state index is -0.696. The maximum absolute atomic E-state index is 11.9. The summed E-state index contributed by atoms with van der Waals surface area (Å²) >= 11 is 0. The number of hydrogen-bond donors (Lipinski definition) is 2. The van der Waals surface area contributed by atoms with Crippen LogP contribution >= 0.6 is 0 Å². The van der Waals surface area contributed by atoms with E-state index in [4.69, 9.17) is 10.5 Å². The second-order valence-electron chi connectivity index (χ2n) is 5.21. The summed E-state index contributed by atoms with van der Waals surface area (Å²) < 4.78 is 5.16. The van der Waals surface area contributed by atoms with Gasteiger partial charge in [0, 0.05) is 19.3 Å². The van der Waals surface area contributed by atoms with E-state index in [1.54, 1.807) is 27.0 Å². The number of imide groups is 1. The molecule has 0 aromatic carbocycles. The average Bonchev–Trinajstić information content (AvgIpc) is 2.30. The van der Waals surface area contributed by atoms with Crippen LogP contribution < -0.4 is 11.1 Å². The molecule has 6 heteroatoms. The zero-order valence-electron chi connectivity index (χ0n) is 12.4. The van der Waals surface area contributed by atoms with Gasteiger partial charge >= 0.3 is 12.1 Å². The molecule has 0 heterocycles. The lowest BCUT2D eigenvalue weighted by molar-refractivity contribution is 0.0328. The molecule has 0 aliphatic heterocycles. The van der Waals surface area contributed by atoms with Crippen LogP contribution in [0.15, 0.2) is 11.8 Å². The van der Waals surface area contributed by atoms with Gasteiger partial charge in [-0.05, 0) is 34.1 Å². The van der Waals surface area contributed by atoms with Gasteiger partial charge in [-0.25, -0.2) is 14.5 Å². The van der Waals surface area contributed by atoms with Crippen LogP contribution in [0.1, 0.15) is 41.0 Å². The van der Waals surface area contributed by atoms with Crippen molar-refractivity contribution in [2.75, 3.05) is 13.1 Å². The summed E-state index contributed by atoms with van der Waals surface area (Å²) in [6.45, 7) is 9.38. The molecule has 19 heavy (non-hydrogen) atoms. The highest BCUT2D eigenvalue weighted by molar-refractivity contribution is 5.91. The number of urea groups is 1. The van der Waals surface area contributed by atoms with Crippen molar-refractivity contribution in [1.29, 1.82) is 0 Å². The van der Waals surface area contributed by atoms with Gasteiger partial charge in [0.05, 0.1) is 0 Å². The molecule has 3 amide bonds. The topological polar surface area (TPSA) is 84.7 Å². The van der Waals surface area contributed by atoms with Gasteiger partial charge in [0.1, 0.15) is 5.60 Å². The first-order valence-corrected chi connectivity index (χ1v) is 6.38. The molecule has 0 aliphatic carbocycles. The van der Waals surface area contributed by atoms with Crippen molar-refractivity contribution in [1.82, 2.24) is 10.2 Å². The van der Waals surface area contributed by atoms with Crippen LogP contribution in [-0.4, -0.2) is 35.7 Å². The van der Waals surface area contributed by atoms with Crippen LogP contribution in [0.25, 0.3) is 0 Å². The lowest BCUT2D eigenvalue weighted by atomic mass is 10.2. The van der Waals surface area contributed by atoms with Crippen LogP contribution in [0.4, 0.5) is 9.59 Å². The van der Waals surface area contributed by atoms with Gasteiger partial charge in [-0.3, -0.25) is 0 Å². The van der Waals surface area contributed by atoms with Gasteiger partial charge in [0.15, 0.2) is 0 Å². The maximum atomic E-state index is 11.9. The lowest BCUT2D eigenvalue weighted by Crippen LogP contribution is -2.46. The molecule has 3 N–H and O–H groups in total. The molecule has 0 rings (SSSR count). The minimum Gasteiger partial charge on any atom is -0.443 e. The number of carbonyl (C=O) groups excluding carboxylic acids is 2. The molecular weight excluding hydrogens is 246 g/mol. The molecule has 0 saturated heterocycles. The van der Waals surface area contributed by atoms with E-state index in [0.29, 0.717) is 0 Å². The first-order valence-electron chi connectivity index (χ1n) is 6.38. The number of nitrogens with two attached hydrogens (primary N) is 1. The van der Waals surface area contributed by atoms with Gasteiger partial charge in [-0.15, -0.1) is 0 Å². The van der Waals surface area contributed by atoms with E-state index in [2.05, 4.69) is 5.32 Å². The zero-order valence-corrected chi connectivity index (χ0v) is 12.4. The molecule has 0 atom stereocenters. The van der Waals surface area contributed by atoms with E-state index >= 15 is 0 Å². The molecule has 0 aromatic heterocycles. The second kappa shape index (κ2) is 7.78. The highest BCUT2D eigenvalue weighted by atomic mass is 16.6. The third kappa shape index (κ3) is 7.46. The SMILES string of the molecule is CC/C(C)=C/NC(=O)N(CCN)C(=O)OC(C)(C)C. The Morgan fingerprint density at radius 1 is 1.37 bits per heavy atom. The number of ether oxygens (including phenoxy) is 1. The summed E-state index contributed by atoms with van der Waals surface area (Å²) in [4.78, 5) is 24.7. The van der Waals surface area contributed by atoms with Gasteiger partial charge in [-0.1, -0.05) is 12.5 Å². The van der Waals surface area contributed by atoms with Crippen LogP contribution in [0.3, 0.4) is 0 Å². The van der Waals surface area contributed by atoms with Crippen molar-refractivity contribution < 1.29 is 14.3 Å². The van der Waals surface area contributed by atoms with Gasteiger partial charge < -0.3 is 15.8 Å². The summed E-state index contributed by atoms with van der Waals surface area (Å²) in [5, 5.41) is 2.55. The number of amides is 3. The number of allylic oxidation sites excluding steroid dienone is 1. The third-order valence-electron chi connectivity index (χ3n) is 2.21. The molecule has 6 nitrogen and oxygen atoms in total. The zero-order chi connectivity index (χ0) is 15.1. The Balaban J connectivity index is 4.71. The van der Waals surface area contributed by atoms with E-state index in [0.717, 1.165) is 16.9 Å². The number of hydrogen-bond acceptors (Lipinski definition) is 4. The number of rotatable bonds is 4. The molecular formula is C13H25N3O3. The maximum Gasteiger partial charge on any atom is 0.418 e. The summed E-state index contributed by atoms with van der Waals surface area (Å²) in [5.74, 6) is 0. The Hall–Kier alpha value is -1.56. The summed E-state index contributed by atoms with van der Waals surface area (Å²) in [6, 6.07) is -0.535. The van der Waals surface area contributed by atoms with Crippen molar-refractivity contribution in [2.45, 2.75) is 46.6 Å². The molecule has 0 aromatic rings. The normalized spacial score (nSPS) is 12.0. The summed E-state index contributed by atoms with van der Waals surface area (Å²) in [5.41, 5.74) is 5.76. The van der Waals surface area contributed by atoms with E-state index in [1.807, 2.05) is 13.8 Å². The highest BCUT2D eigenvalue weighted by Crippen LogP contribution is 2.10. The van der Waals surface area contributed by atoms with Gasteiger partial charge in [0.25, 0.3) is 0 Å². The fourth-order valence-electron chi connectivity index (χ4n) is 1.09. The first kappa shape index (κ1) is 17.4. The monoisotopic (exact) mass is 271 g/mol. The molecule has 110 valence electrons. The molecule has 0 radical (unpaired) electrons. The van der Waals surface area contributed by atoms with Crippen molar-refractivity contribution >= 4 is 12.1 Å². The Morgan fingerprint density at radius 2 is 1.95 bits per heavy atom. The Labute approximate surface area is 115 Å². The van der Waals surface area contributed by atoms with E-state index in [1.165, 1.54) is 0 Å². The fraction of sp³-hybridized carbons (Fsp3) is 0.692. The van der Waals surface area contributed by atoms with Crippen LogP contribution in [-0.2, 0) is 4.74 Å². The number of carbonyl (C=O) groups is 2. The predicted molar refractivity (Wildman–Crippen MR) is 74.6 cm³/mol. The van der Waals surface area contributed by atoms with Gasteiger partial charge in [-0.2, -0.15) is 0 Å². The van der Waals surface area contributed by atoms with E-state index in [9.17, 15) is 9.59 Å². The van der Waals surface area contributed by atoms with Crippen LogP contribution in [0, 0.1) is 0 Å². The second-order valence-corrected chi connectivity index (χ2v) is 5.21. The van der Waals surface area contributed by atoms with Crippen LogP contribution in [0.5, 0.6) is 0 Å². The molecule has 0 fully saturated rings. The Morgan fingerprint density at radius 3 is 2.37 bits per heavy atom. The molecule has 0 spiro atoms.